The standard InChI is InChI=1S/C26H31Br2N3O3/c1-8-33-21-11-16(19(28)13-22(21)34-15-25(2,3)4)14-29-31-23(32)18-12-17(27)9-10-20(18)30-24(31)26(5,6)7/h9-14H,8,15H2,1-7H3. The van der Waals surface area contributed by atoms with Crippen molar-refractivity contribution < 1.29 is 9.47 Å². The highest BCUT2D eigenvalue weighted by Gasteiger charge is 2.23. The zero-order valence-electron chi connectivity index (χ0n) is 20.7. The van der Waals surface area contributed by atoms with Gasteiger partial charge in [-0.15, -0.1) is 0 Å². The summed E-state index contributed by atoms with van der Waals surface area (Å²) in [5.74, 6) is 1.86. The first-order valence-electron chi connectivity index (χ1n) is 11.2. The van der Waals surface area contributed by atoms with E-state index in [1.54, 1.807) is 12.3 Å². The molecule has 1 heterocycles. The fraction of sp³-hybridized carbons (Fsp3) is 0.423. The molecule has 0 radical (unpaired) electrons. The van der Waals surface area contributed by atoms with Crippen LogP contribution in [0.25, 0.3) is 10.9 Å². The Labute approximate surface area is 217 Å². The van der Waals surface area contributed by atoms with Crippen LogP contribution in [0.2, 0.25) is 0 Å². The normalized spacial score (nSPS) is 12.5. The highest BCUT2D eigenvalue weighted by Crippen LogP contribution is 2.34. The number of ether oxygens (including phenoxy) is 2. The van der Waals surface area contributed by atoms with Gasteiger partial charge in [-0.25, -0.2) is 4.98 Å². The molecule has 0 aliphatic carbocycles. The second kappa shape index (κ2) is 10.2. The third-order valence-electron chi connectivity index (χ3n) is 4.82. The maximum absolute atomic E-state index is 13.4. The van der Waals surface area contributed by atoms with Crippen LogP contribution in [0.15, 0.2) is 49.2 Å². The number of halogens is 2. The van der Waals surface area contributed by atoms with Crippen LogP contribution in [0.4, 0.5) is 0 Å². The summed E-state index contributed by atoms with van der Waals surface area (Å²) in [6.45, 7) is 15.4. The molecule has 0 fully saturated rings. The van der Waals surface area contributed by atoms with E-state index in [4.69, 9.17) is 14.5 Å². The number of aromatic nitrogens is 2. The molecule has 0 amide bonds. The summed E-state index contributed by atoms with van der Waals surface area (Å²) < 4.78 is 14.8. The monoisotopic (exact) mass is 591 g/mol. The minimum atomic E-state index is -0.393. The lowest BCUT2D eigenvalue weighted by molar-refractivity contribution is 0.188. The number of rotatable bonds is 6. The molecule has 3 rings (SSSR count). The van der Waals surface area contributed by atoms with Gasteiger partial charge in [-0.05, 0) is 58.6 Å². The molecule has 0 atom stereocenters. The highest BCUT2D eigenvalue weighted by molar-refractivity contribution is 9.10. The summed E-state index contributed by atoms with van der Waals surface area (Å²) >= 11 is 7.06. The predicted molar refractivity (Wildman–Crippen MR) is 146 cm³/mol. The average Bonchev–Trinajstić information content (AvgIpc) is 2.72. The van der Waals surface area contributed by atoms with E-state index in [-0.39, 0.29) is 11.0 Å². The zero-order valence-corrected chi connectivity index (χ0v) is 23.9. The van der Waals surface area contributed by atoms with Crippen LogP contribution in [-0.4, -0.2) is 29.1 Å². The van der Waals surface area contributed by atoms with Crippen LogP contribution in [0.1, 0.15) is 59.9 Å². The number of hydrogen-bond acceptors (Lipinski definition) is 5. The van der Waals surface area contributed by atoms with Gasteiger partial charge >= 0.3 is 0 Å². The summed E-state index contributed by atoms with van der Waals surface area (Å²) in [6.07, 6.45) is 1.64. The second-order valence-electron chi connectivity index (χ2n) is 10.3. The van der Waals surface area contributed by atoms with Gasteiger partial charge in [0.2, 0.25) is 0 Å². The third-order valence-corrected chi connectivity index (χ3v) is 6.00. The molecule has 182 valence electrons. The van der Waals surface area contributed by atoms with Crippen molar-refractivity contribution in [2.24, 2.45) is 10.5 Å². The molecule has 8 heteroatoms. The molecule has 0 bridgehead atoms. The number of hydrogen-bond donors (Lipinski definition) is 0. The predicted octanol–water partition coefficient (Wildman–Crippen LogP) is 6.92. The highest BCUT2D eigenvalue weighted by atomic mass is 79.9. The Kier molecular flexibility index (Phi) is 7.92. The van der Waals surface area contributed by atoms with Crippen molar-refractivity contribution in [1.82, 2.24) is 9.66 Å². The lowest BCUT2D eigenvalue weighted by Gasteiger charge is -2.21. The molecular weight excluding hydrogens is 562 g/mol. The van der Waals surface area contributed by atoms with E-state index < -0.39 is 5.41 Å². The molecule has 0 N–H and O–H groups in total. The van der Waals surface area contributed by atoms with Crippen LogP contribution in [0.3, 0.4) is 0 Å². The van der Waals surface area contributed by atoms with Gasteiger partial charge in [0, 0.05) is 19.9 Å². The van der Waals surface area contributed by atoms with E-state index in [0.29, 0.717) is 41.4 Å². The van der Waals surface area contributed by atoms with Gasteiger partial charge in [0.25, 0.3) is 5.56 Å². The van der Waals surface area contributed by atoms with Crippen LogP contribution in [0, 0.1) is 5.41 Å². The van der Waals surface area contributed by atoms with Crippen LogP contribution >= 0.6 is 31.9 Å². The van der Waals surface area contributed by atoms with Crippen molar-refractivity contribution in [2.45, 2.75) is 53.9 Å². The van der Waals surface area contributed by atoms with Crippen molar-refractivity contribution in [3.63, 3.8) is 0 Å². The molecule has 1 aromatic heterocycles. The molecule has 0 unspecified atom stereocenters. The fourth-order valence-corrected chi connectivity index (χ4v) is 3.97. The first kappa shape index (κ1) is 26.4. The maximum Gasteiger partial charge on any atom is 0.282 e. The quantitative estimate of drug-likeness (QED) is 0.291. The van der Waals surface area contributed by atoms with E-state index in [1.165, 1.54) is 4.68 Å². The molecule has 3 aromatic rings. The van der Waals surface area contributed by atoms with Gasteiger partial charge in [0.15, 0.2) is 11.5 Å². The van der Waals surface area contributed by atoms with Crippen LogP contribution in [0.5, 0.6) is 11.5 Å². The SMILES string of the molecule is CCOc1cc(C=Nn2c(C(C)(C)C)nc3ccc(Br)cc3c2=O)c(Br)cc1OCC(C)(C)C. The second-order valence-corrected chi connectivity index (χ2v) is 12.1. The van der Waals surface area contributed by atoms with E-state index in [0.717, 1.165) is 14.5 Å². The fourth-order valence-electron chi connectivity index (χ4n) is 3.19. The lowest BCUT2D eigenvalue weighted by atomic mass is 9.95. The van der Waals surface area contributed by atoms with Crippen LogP contribution in [-0.2, 0) is 5.41 Å². The van der Waals surface area contributed by atoms with Crippen molar-refractivity contribution in [3.8, 4) is 11.5 Å². The Hall–Kier alpha value is -2.19. The summed E-state index contributed by atoms with van der Waals surface area (Å²) in [5, 5.41) is 5.07. The molecule has 34 heavy (non-hydrogen) atoms. The molecule has 0 aliphatic rings. The molecule has 0 saturated heterocycles. The van der Waals surface area contributed by atoms with Crippen molar-refractivity contribution in [2.75, 3.05) is 13.2 Å². The largest absolute Gasteiger partial charge is 0.490 e. The Balaban J connectivity index is 2.11. The smallest absolute Gasteiger partial charge is 0.282 e. The van der Waals surface area contributed by atoms with Crippen molar-refractivity contribution >= 4 is 49.0 Å². The minimum Gasteiger partial charge on any atom is -0.490 e. The first-order valence-corrected chi connectivity index (χ1v) is 12.7. The van der Waals surface area contributed by atoms with Gasteiger partial charge < -0.3 is 9.47 Å². The maximum atomic E-state index is 13.4. The molecule has 0 aliphatic heterocycles. The van der Waals surface area contributed by atoms with Gasteiger partial charge in [-0.3, -0.25) is 4.79 Å². The summed E-state index contributed by atoms with van der Waals surface area (Å²) in [4.78, 5) is 18.2. The molecule has 6 nitrogen and oxygen atoms in total. The van der Waals surface area contributed by atoms with Crippen LogP contribution < -0.4 is 15.0 Å². The van der Waals surface area contributed by atoms with E-state index in [9.17, 15) is 4.79 Å². The van der Waals surface area contributed by atoms with Crippen molar-refractivity contribution in [1.29, 1.82) is 0 Å². The molecule has 2 aromatic carbocycles. The summed E-state index contributed by atoms with van der Waals surface area (Å²) in [7, 11) is 0. The Morgan fingerprint density at radius 3 is 2.32 bits per heavy atom. The average molecular weight is 593 g/mol. The molecular formula is C26H31Br2N3O3. The molecule has 0 saturated carbocycles. The Morgan fingerprint density at radius 2 is 1.71 bits per heavy atom. The number of benzene rings is 2. The topological polar surface area (TPSA) is 65.7 Å². The zero-order chi connectivity index (χ0) is 25.3. The van der Waals surface area contributed by atoms with Gasteiger partial charge in [0.05, 0.1) is 30.3 Å². The van der Waals surface area contributed by atoms with E-state index in [2.05, 4.69) is 57.7 Å². The van der Waals surface area contributed by atoms with E-state index >= 15 is 0 Å². The summed E-state index contributed by atoms with van der Waals surface area (Å²) in [6, 6.07) is 9.23. The first-order chi connectivity index (χ1) is 15.8. The Bertz CT molecular complexity index is 1290. The molecule has 0 spiro atoms. The number of nitrogens with zero attached hydrogens (tertiary/aromatic N) is 3. The van der Waals surface area contributed by atoms with Gasteiger partial charge in [0.1, 0.15) is 5.82 Å². The summed E-state index contributed by atoms with van der Waals surface area (Å²) in [5.41, 5.74) is 0.797. The van der Waals surface area contributed by atoms with Crippen molar-refractivity contribution in [3.05, 3.63) is 61.0 Å². The van der Waals surface area contributed by atoms with E-state index in [1.807, 2.05) is 52.0 Å². The third kappa shape index (κ3) is 6.27. The number of fused-ring (bicyclic) bond motifs is 1. The Morgan fingerprint density at radius 1 is 1.03 bits per heavy atom. The minimum absolute atomic E-state index is 0.0126. The lowest BCUT2D eigenvalue weighted by Crippen LogP contribution is -2.29. The van der Waals surface area contributed by atoms with Gasteiger partial charge in [-0.1, -0.05) is 57.5 Å². The van der Waals surface area contributed by atoms with Gasteiger partial charge in [-0.2, -0.15) is 9.78 Å².